The van der Waals surface area contributed by atoms with Crippen molar-refractivity contribution < 1.29 is 14.3 Å². The van der Waals surface area contributed by atoms with E-state index in [1.54, 1.807) is 7.11 Å². The molecule has 144 valence electrons. The predicted molar refractivity (Wildman–Crippen MR) is 108 cm³/mol. The number of ether oxygens (including phenoxy) is 2. The molecule has 0 aromatic heterocycles. The van der Waals surface area contributed by atoms with Crippen LogP contribution in [0, 0.1) is 0 Å². The van der Waals surface area contributed by atoms with E-state index in [-0.39, 0.29) is 23.0 Å². The van der Waals surface area contributed by atoms with Crippen LogP contribution in [-0.2, 0) is 5.41 Å². The Morgan fingerprint density at radius 3 is 2.41 bits per heavy atom. The molecule has 1 amide bonds. The summed E-state index contributed by atoms with van der Waals surface area (Å²) >= 11 is 0. The van der Waals surface area contributed by atoms with Gasteiger partial charge in [0.2, 0.25) is 0 Å². The molecule has 2 aromatic rings. The van der Waals surface area contributed by atoms with Crippen LogP contribution in [0.3, 0.4) is 0 Å². The molecule has 4 heteroatoms. The summed E-state index contributed by atoms with van der Waals surface area (Å²) < 4.78 is 11.4. The molecule has 1 aliphatic rings. The van der Waals surface area contributed by atoms with E-state index in [9.17, 15) is 4.79 Å². The largest absolute Gasteiger partial charge is 0.497 e. The first-order chi connectivity index (χ1) is 12.6. The lowest BCUT2D eigenvalue weighted by molar-refractivity contribution is 0.0618. The van der Waals surface area contributed by atoms with Gasteiger partial charge in [-0.05, 0) is 55.2 Å². The van der Waals surface area contributed by atoms with Gasteiger partial charge >= 0.3 is 0 Å². The van der Waals surface area contributed by atoms with Crippen LogP contribution in [0.4, 0.5) is 0 Å². The molecule has 1 aliphatic heterocycles. The van der Waals surface area contributed by atoms with Crippen molar-refractivity contribution in [2.24, 2.45) is 0 Å². The quantitative estimate of drug-likeness (QED) is 0.828. The van der Waals surface area contributed by atoms with Crippen molar-refractivity contribution in [1.29, 1.82) is 0 Å². The molecule has 1 N–H and O–H groups in total. The van der Waals surface area contributed by atoms with Crippen LogP contribution in [0.5, 0.6) is 11.5 Å². The topological polar surface area (TPSA) is 47.6 Å². The SMILES string of the molecule is COc1ccc2c(c1)C(NC(=O)c1ccc(C(C)(C)C)cc1)CC(C)(C)O2. The Balaban J connectivity index is 1.85. The molecule has 0 radical (unpaired) electrons. The van der Waals surface area contributed by atoms with E-state index in [4.69, 9.17) is 9.47 Å². The Hall–Kier alpha value is -2.49. The number of amides is 1. The van der Waals surface area contributed by atoms with Crippen molar-refractivity contribution in [2.75, 3.05) is 7.11 Å². The van der Waals surface area contributed by atoms with Crippen molar-refractivity contribution in [2.45, 2.75) is 58.1 Å². The van der Waals surface area contributed by atoms with Gasteiger partial charge in [-0.15, -0.1) is 0 Å². The lowest BCUT2D eigenvalue weighted by atomic mass is 9.86. The van der Waals surface area contributed by atoms with Crippen LogP contribution in [0.15, 0.2) is 42.5 Å². The average Bonchev–Trinajstić information content (AvgIpc) is 2.60. The molecule has 0 saturated carbocycles. The molecule has 0 saturated heterocycles. The van der Waals surface area contributed by atoms with Gasteiger partial charge in [0.1, 0.15) is 17.1 Å². The van der Waals surface area contributed by atoms with Gasteiger partial charge in [-0.2, -0.15) is 0 Å². The van der Waals surface area contributed by atoms with Gasteiger partial charge in [0.15, 0.2) is 0 Å². The number of rotatable bonds is 3. The zero-order valence-corrected chi connectivity index (χ0v) is 17.1. The smallest absolute Gasteiger partial charge is 0.251 e. The third-order valence-corrected chi connectivity index (χ3v) is 4.99. The van der Waals surface area contributed by atoms with Crippen molar-refractivity contribution in [3.05, 3.63) is 59.2 Å². The fraction of sp³-hybridized carbons (Fsp3) is 0.435. The number of nitrogens with one attached hydrogen (secondary N) is 1. The van der Waals surface area contributed by atoms with E-state index >= 15 is 0 Å². The van der Waals surface area contributed by atoms with Gasteiger partial charge in [0.05, 0.1) is 13.2 Å². The van der Waals surface area contributed by atoms with Crippen LogP contribution in [-0.4, -0.2) is 18.6 Å². The van der Waals surface area contributed by atoms with Gasteiger partial charge in [-0.25, -0.2) is 0 Å². The molecule has 0 fully saturated rings. The second kappa shape index (κ2) is 6.91. The fourth-order valence-corrected chi connectivity index (χ4v) is 3.45. The van der Waals surface area contributed by atoms with E-state index in [1.807, 2.05) is 56.3 Å². The van der Waals surface area contributed by atoms with Crippen molar-refractivity contribution in [3.8, 4) is 11.5 Å². The maximum absolute atomic E-state index is 12.9. The standard InChI is InChI=1S/C23H29NO3/c1-22(2,3)16-9-7-15(8-10-16)21(25)24-19-14-23(4,5)27-20-12-11-17(26-6)13-18(19)20/h7-13,19H,14H2,1-6H3,(H,24,25). The highest BCUT2D eigenvalue weighted by molar-refractivity contribution is 5.94. The van der Waals surface area contributed by atoms with E-state index in [0.29, 0.717) is 12.0 Å². The van der Waals surface area contributed by atoms with Crippen LogP contribution in [0.25, 0.3) is 0 Å². The van der Waals surface area contributed by atoms with E-state index in [1.165, 1.54) is 5.56 Å². The van der Waals surface area contributed by atoms with Gasteiger partial charge in [-0.1, -0.05) is 32.9 Å². The van der Waals surface area contributed by atoms with E-state index < -0.39 is 0 Å². The Labute approximate surface area is 161 Å². The minimum absolute atomic E-state index is 0.0647. The van der Waals surface area contributed by atoms with Crippen molar-refractivity contribution in [3.63, 3.8) is 0 Å². The van der Waals surface area contributed by atoms with Crippen molar-refractivity contribution in [1.82, 2.24) is 5.32 Å². The first-order valence-electron chi connectivity index (χ1n) is 9.37. The normalized spacial score (nSPS) is 18.2. The highest BCUT2D eigenvalue weighted by Crippen LogP contribution is 2.41. The van der Waals surface area contributed by atoms with E-state index in [2.05, 4.69) is 26.1 Å². The van der Waals surface area contributed by atoms with Crippen LogP contribution < -0.4 is 14.8 Å². The summed E-state index contributed by atoms with van der Waals surface area (Å²) in [5.41, 5.74) is 2.54. The number of carbonyl (C=O) groups is 1. The number of fused-ring (bicyclic) bond motifs is 1. The van der Waals surface area contributed by atoms with Gasteiger partial charge in [0, 0.05) is 17.5 Å². The summed E-state index contributed by atoms with van der Waals surface area (Å²) in [6, 6.07) is 13.4. The first-order valence-corrected chi connectivity index (χ1v) is 9.37. The zero-order valence-electron chi connectivity index (χ0n) is 17.1. The maximum atomic E-state index is 12.9. The molecule has 1 atom stereocenters. The van der Waals surface area contributed by atoms with Gasteiger partial charge in [-0.3, -0.25) is 4.79 Å². The van der Waals surface area contributed by atoms with Crippen molar-refractivity contribution >= 4 is 5.91 Å². The molecule has 0 aliphatic carbocycles. The number of hydrogen-bond donors (Lipinski definition) is 1. The zero-order chi connectivity index (χ0) is 19.8. The lowest BCUT2D eigenvalue weighted by Crippen LogP contribution is -2.41. The van der Waals surface area contributed by atoms with E-state index in [0.717, 1.165) is 17.1 Å². The summed E-state index contributed by atoms with van der Waals surface area (Å²) in [6.07, 6.45) is 0.693. The highest BCUT2D eigenvalue weighted by Gasteiger charge is 2.35. The second-order valence-electron chi connectivity index (χ2n) is 8.82. The minimum Gasteiger partial charge on any atom is -0.497 e. The van der Waals surface area contributed by atoms with Gasteiger partial charge in [0.25, 0.3) is 5.91 Å². The molecular weight excluding hydrogens is 338 g/mol. The summed E-state index contributed by atoms with van der Waals surface area (Å²) in [5, 5.41) is 3.18. The molecule has 2 aromatic carbocycles. The second-order valence-corrected chi connectivity index (χ2v) is 8.82. The Kier molecular flexibility index (Phi) is 4.94. The molecule has 27 heavy (non-hydrogen) atoms. The molecular formula is C23H29NO3. The number of benzene rings is 2. The molecule has 0 bridgehead atoms. The third kappa shape index (κ3) is 4.26. The Bertz CT molecular complexity index is 832. The number of methoxy groups -OCH3 is 1. The molecule has 1 heterocycles. The summed E-state index contributed by atoms with van der Waals surface area (Å²) in [6.45, 7) is 10.6. The predicted octanol–water partition coefficient (Wildman–Crippen LogP) is 5.02. The first kappa shape index (κ1) is 19.3. The Morgan fingerprint density at radius 1 is 1.15 bits per heavy atom. The minimum atomic E-state index is -0.352. The monoisotopic (exact) mass is 367 g/mol. The van der Waals surface area contributed by atoms with Crippen LogP contribution in [0.1, 0.15) is 68.6 Å². The van der Waals surface area contributed by atoms with Gasteiger partial charge < -0.3 is 14.8 Å². The molecule has 0 spiro atoms. The number of carbonyl (C=O) groups excluding carboxylic acids is 1. The fourth-order valence-electron chi connectivity index (χ4n) is 3.45. The highest BCUT2D eigenvalue weighted by atomic mass is 16.5. The third-order valence-electron chi connectivity index (χ3n) is 4.99. The molecule has 1 unspecified atom stereocenters. The summed E-state index contributed by atoms with van der Waals surface area (Å²) in [5.74, 6) is 1.47. The Morgan fingerprint density at radius 2 is 1.81 bits per heavy atom. The van der Waals surface area contributed by atoms with Crippen LogP contribution in [0.2, 0.25) is 0 Å². The number of hydrogen-bond acceptors (Lipinski definition) is 3. The molecule has 3 rings (SSSR count). The summed E-state index contributed by atoms with van der Waals surface area (Å²) in [7, 11) is 1.64. The summed E-state index contributed by atoms with van der Waals surface area (Å²) in [4.78, 5) is 12.9. The lowest BCUT2D eigenvalue weighted by Gasteiger charge is -2.38. The average molecular weight is 367 g/mol. The van der Waals surface area contributed by atoms with Crippen LogP contribution >= 0.6 is 0 Å². The maximum Gasteiger partial charge on any atom is 0.251 e. The molecule has 4 nitrogen and oxygen atoms in total.